The van der Waals surface area contributed by atoms with Crippen LogP contribution in [0.5, 0.6) is 5.75 Å². The zero-order chi connectivity index (χ0) is 15.8. The Morgan fingerprint density at radius 2 is 2.00 bits per heavy atom. The third-order valence-electron chi connectivity index (χ3n) is 3.30. The number of rotatable bonds is 3. The number of carbonyl (C=O) groups excluding carboxylic acids is 3. The van der Waals surface area contributed by atoms with Gasteiger partial charge in [0.2, 0.25) is 0 Å². The van der Waals surface area contributed by atoms with Crippen LogP contribution in [0.1, 0.15) is 31.1 Å². The van der Waals surface area contributed by atoms with Crippen LogP contribution in [-0.4, -0.2) is 36.9 Å². The molecule has 0 atom stereocenters. The van der Waals surface area contributed by atoms with Gasteiger partial charge in [-0.3, -0.25) is 19.3 Å². The molecule has 0 radical (unpaired) electrons. The highest BCUT2D eigenvalue weighted by Gasteiger charge is 2.41. The lowest BCUT2D eigenvalue weighted by atomic mass is 10.0. The average molecular weight is 291 g/mol. The molecule has 0 unspecified atom stereocenters. The standard InChI is InChI=1S/C15H17NO5/c1-9(17)10-5-6-12-11(7-10)16(8-13(18)20-4)14(19)15(2,3)21-12/h5-7H,8H2,1-4H3. The molecule has 1 heterocycles. The Balaban J connectivity index is 2.52. The van der Waals surface area contributed by atoms with Crippen LogP contribution in [0.3, 0.4) is 0 Å². The average Bonchev–Trinajstić information content (AvgIpc) is 2.42. The van der Waals surface area contributed by atoms with Crippen molar-refractivity contribution in [3.63, 3.8) is 0 Å². The van der Waals surface area contributed by atoms with Gasteiger partial charge in [-0.15, -0.1) is 0 Å². The zero-order valence-corrected chi connectivity index (χ0v) is 12.4. The number of amides is 1. The molecule has 0 fully saturated rings. The van der Waals surface area contributed by atoms with Gasteiger partial charge >= 0.3 is 5.97 Å². The number of ether oxygens (including phenoxy) is 2. The number of benzene rings is 1. The Bertz CT molecular complexity index is 620. The zero-order valence-electron chi connectivity index (χ0n) is 12.4. The summed E-state index contributed by atoms with van der Waals surface area (Å²) in [7, 11) is 1.26. The monoisotopic (exact) mass is 291 g/mol. The van der Waals surface area contributed by atoms with Crippen molar-refractivity contribution in [1.29, 1.82) is 0 Å². The van der Waals surface area contributed by atoms with Crippen molar-refractivity contribution in [2.24, 2.45) is 0 Å². The third kappa shape index (κ3) is 2.74. The maximum Gasteiger partial charge on any atom is 0.325 e. The fourth-order valence-corrected chi connectivity index (χ4v) is 2.14. The van der Waals surface area contributed by atoms with Crippen LogP contribution in [-0.2, 0) is 14.3 Å². The van der Waals surface area contributed by atoms with E-state index in [0.29, 0.717) is 17.0 Å². The molecule has 0 saturated carbocycles. The first-order valence-electron chi connectivity index (χ1n) is 6.49. The number of nitrogens with zero attached hydrogens (tertiary/aromatic N) is 1. The highest BCUT2D eigenvalue weighted by Crippen LogP contribution is 2.38. The minimum Gasteiger partial charge on any atom is -0.476 e. The first-order valence-corrected chi connectivity index (χ1v) is 6.49. The number of fused-ring (bicyclic) bond motifs is 1. The van der Waals surface area contributed by atoms with Crippen molar-refractivity contribution in [3.8, 4) is 5.75 Å². The molecule has 1 aromatic rings. The van der Waals surface area contributed by atoms with Crippen LogP contribution in [0.4, 0.5) is 5.69 Å². The van der Waals surface area contributed by atoms with E-state index in [4.69, 9.17) is 4.74 Å². The summed E-state index contributed by atoms with van der Waals surface area (Å²) < 4.78 is 10.3. The summed E-state index contributed by atoms with van der Waals surface area (Å²) in [6.45, 7) is 4.46. The second-order valence-electron chi connectivity index (χ2n) is 5.32. The number of carbonyl (C=O) groups is 3. The Morgan fingerprint density at radius 3 is 2.57 bits per heavy atom. The number of hydrogen-bond acceptors (Lipinski definition) is 5. The van der Waals surface area contributed by atoms with Gasteiger partial charge in [0.25, 0.3) is 5.91 Å². The topological polar surface area (TPSA) is 72.9 Å². The molecule has 112 valence electrons. The molecule has 6 nitrogen and oxygen atoms in total. The predicted octanol–water partition coefficient (Wildman–Crippen LogP) is 1.57. The molecule has 2 rings (SSSR count). The van der Waals surface area contributed by atoms with E-state index in [9.17, 15) is 14.4 Å². The highest BCUT2D eigenvalue weighted by molar-refractivity contribution is 6.06. The first-order chi connectivity index (χ1) is 9.76. The quantitative estimate of drug-likeness (QED) is 0.624. The summed E-state index contributed by atoms with van der Waals surface area (Å²) in [6, 6.07) is 4.81. The lowest BCUT2D eigenvalue weighted by Gasteiger charge is -2.38. The van der Waals surface area contributed by atoms with Crippen LogP contribution in [0.25, 0.3) is 0 Å². The minimum atomic E-state index is -1.08. The smallest absolute Gasteiger partial charge is 0.325 e. The van der Waals surface area contributed by atoms with Crippen LogP contribution in [0, 0.1) is 0 Å². The SMILES string of the molecule is COC(=O)CN1C(=O)C(C)(C)Oc2ccc(C(C)=O)cc21. The van der Waals surface area contributed by atoms with E-state index in [1.807, 2.05) is 0 Å². The molecule has 0 spiro atoms. The molecule has 1 aliphatic heterocycles. The van der Waals surface area contributed by atoms with Gasteiger partial charge in [-0.1, -0.05) is 0 Å². The minimum absolute atomic E-state index is 0.131. The molecule has 0 saturated heterocycles. The summed E-state index contributed by atoms with van der Waals surface area (Å²) >= 11 is 0. The highest BCUT2D eigenvalue weighted by atomic mass is 16.5. The molecule has 21 heavy (non-hydrogen) atoms. The lowest BCUT2D eigenvalue weighted by molar-refractivity contribution is -0.142. The van der Waals surface area contributed by atoms with Gasteiger partial charge in [-0.05, 0) is 39.0 Å². The van der Waals surface area contributed by atoms with Crippen LogP contribution in [0.2, 0.25) is 0 Å². The van der Waals surface area contributed by atoms with Crippen molar-refractivity contribution >= 4 is 23.3 Å². The van der Waals surface area contributed by atoms with Gasteiger partial charge in [0.15, 0.2) is 11.4 Å². The van der Waals surface area contributed by atoms with E-state index in [1.165, 1.54) is 18.9 Å². The van der Waals surface area contributed by atoms with Crippen molar-refractivity contribution in [2.45, 2.75) is 26.4 Å². The molecule has 6 heteroatoms. The van der Waals surface area contributed by atoms with Crippen molar-refractivity contribution in [2.75, 3.05) is 18.6 Å². The summed E-state index contributed by atoms with van der Waals surface area (Å²) in [6.07, 6.45) is 0. The van der Waals surface area contributed by atoms with Crippen molar-refractivity contribution in [3.05, 3.63) is 23.8 Å². The fraction of sp³-hybridized carbons (Fsp3) is 0.400. The van der Waals surface area contributed by atoms with Crippen LogP contribution < -0.4 is 9.64 Å². The largest absolute Gasteiger partial charge is 0.476 e. The number of methoxy groups -OCH3 is 1. The third-order valence-corrected chi connectivity index (χ3v) is 3.30. The van der Waals surface area contributed by atoms with Gasteiger partial charge in [0.05, 0.1) is 12.8 Å². The van der Waals surface area contributed by atoms with Gasteiger partial charge in [-0.25, -0.2) is 0 Å². The van der Waals surface area contributed by atoms with E-state index in [1.54, 1.807) is 32.0 Å². The normalized spacial score (nSPS) is 16.0. The maximum atomic E-state index is 12.5. The Kier molecular flexibility index (Phi) is 3.72. The molecular weight excluding hydrogens is 274 g/mol. The first kappa shape index (κ1) is 15.0. The second-order valence-corrected chi connectivity index (χ2v) is 5.32. The molecule has 0 aliphatic carbocycles. The second kappa shape index (κ2) is 5.20. The number of ketones is 1. The number of anilines is 1. The van der Waals surface area contributed by atoms with Crippen LogP contribution in [0.15, 0.2) is 18.2 Å². The number of Topliss-reactive ketones (excluding diaryl/α,β-unsaturated/α-hetero) is 1. The van der Waals surface area contributed by atoms with E-state index in [-0.39, 0.29) is 18.2 Å². The molecule has 0 N–H and O–H groups in total. The number of esters is 1. The van der Waals surface area contributed by atoms with Gasteiger partial charge in [-0.2, -0.15) is 0 Å². The van der Waals surface area contributed by atoms with E-state index in [0.717, 1.165) is 0 Å². The molecule has 0 aromatic heterocycles. The van der Waals surface area contributed by atoms with E-state index < -0.39 is 11.6 Å². The van der Waals surface area contributed by atoms with Crippen LogP contribution >= 0.6 is 0 Å². The van der Waals surface area contributed by atoms with E-state index in [2.05, 4.69) is 4.74 Å². The maximum absolute atomic E-state index is 12.5. The van der Waals surface area contributed by atoms with Crippen molar-refractivity contribution in [1.82, 2.24) is 0 Å². The Morgan fingerprint density at radius 1 is 1.33 bits per heavy atom. The van der Waals surface area contributed by atoms with Gasteiger partial charge in [0.1, 0.15) is 12.3 Å². The Labute approximate surface area is 122 Å². The summed E-state index contributed by atoms with van der Waals surface area (Å²) in [5.74, 6) is -0.581. The van der Waals surface area contributed by atoms with Gasteiger partial charge < -0.3 is 9.47 Å². The molecular formula is C15H17NO5. The molecule has 1 amide bonds. The summed E-state index contributed by atoms with van der Waals surface area (Å²) in [5.41, 5.74) is -0.240. The fourth-order valence-electron chi connectivity index (χ4n) is 2.14. The Hall–Kier alpha value is -2.37. The van der Waals surface area contributed by atoms with Gasteiger partial charge in [0, 0.05) is 5.56 Å². The molecule has 0 bridgehead atoms. The summed E-state index contributed by atoms with van der Waals surface area (Å²) in [4.78, 5) is 36.8. The molecule has 1 aromatic carbocycles. The summed E-state index contributed by atoms with van der Waals surface area (Å²) in [5, 5.41) is 0. The molecule has 1 aliphatic rings. The number of hydrogen-bond donors (Lipinski definition) is 0. The predicted molar refractivity (Wildman–Crippen MR) is 75.5 cm³/mol. The lowest BCUT2D eigenvalue weighted by Crippen LogP contribution is -2.54. The van der Waals surface area contributed by atoms with E-state index >= 15 is 0 Å². The van der Waals surface area contributed by atoms with Crippen molar-refractivity contribution < 1.29 is 23.9 Å².